The molecule has 1 aromatic carbocycles. The maximum atomic E-state index is 12.3. The summed E-state index contributed by atoms with van der Waals surface area (Å²) < 4.78 is 5.17. The lowest BCUT2D eigenvalue weighted by atomic mass is 10.2. The van der Waals surface area contributed by atoms with Gasteiger partial charge in [0.2, 0.25) is 0 Å². The molecule has 0 unspecified atom stereocenters. The predicted molar refractivity (Wildman–Crippen MR) is 84.7 cm³/mol. The molecule has 1 amide bonds. The molecule has 0 spiro atoms. The van der Waals surface area contributed by atoms with Crippen LogP contribution in [0, 0.1) is 0 Å². The Morgan fingerprint density at radius 1 is 1.43 bits per heavy atom. The monoisotopic (exact) mass is 301 g/mol. The summed E-state index contributed by atoms with van der Waals surface area (Å²) in [5.41, 5.74) is 1.72. The van der Waals surface area contributed by atoms with E-state index in [1.54, 1.807) is 13.2 Å². The van der Waals surface area contributed by atoms with E-state index in [9.17, 15) is 4.79 Å². The van der Waals surface area contributed by atoms with Crippen molar-refractivity contribution < 1.29 is 9.53 Å². The molecule has 1 aliphatic heterocycles. The van der Waals surface area contributed by atoms with Crippen molar-refractivity contribution in [3.05, 3.63) is 46.2 Å². The Morgan fingerprint density at radius 2 is 2.33 bits per heavy atom. The van der Waals surface area contributed by atoms with Crippen LogP contribution in [0.4, 0.5) is 5.69 Å². The van der Waals surface area contributed by atoms with E-state index in [0.717, 1.165) is 30.2 Å². The van der Waals surface area contributed by atoms with Crippen LogP contribution in [0.15, 0.2) is 40.7 Å². The van der Waals surface area contributed by atoms with E-state index >= 15 is 0 Å². The smallest absolute Gasteiger partial charge is 0.269 e. The van der Waals surface area contributed by atoms with E-state index in [-0.39, 0.29) is 5.91 Å². The number of hydrogen-bond acceptors (Lipinski definition) is 5. The van der Waals surface area contributed by atoms with Crippen molar-refractivity contribution in [2.24, 2.45) is 4.99 Å². The van der Waals surface area contributed by atoms with Crippen molar-refractivity contribution in [2.45, 2.75) is 0 Å². The molecule has 2 N–H and O–H groups in total. The fraction of sp³-hybridized carbons (Fsp3) is 0.200. The van der Waals surface area contributed by atoms with Gasteiger partial charge in [0.1, 0.15) is 16.5 Å². The molecule has 0 fully saturated rings. The Labute approximate surface area is 126 Å². The number of carbonyl (C=O) groups is 1. The van der Waals surface area contributed by atoms with E-state index in [1.807, 2.05) is 29.6 Å². The second kappa shape index (κ2) is 5.97. The molecule has 0 aliphatic carbocycles. The van der Waals surface area contributed by atoms with E-state index in [0.29, 0.717) is 10.6 Å². The average Bonchev–Trinajstić information content (AvgIpc) is 3.18. The van der Waals surface area contributed by atoms with Gasteiger partial charge in [0.15, 0.2) is 0 Å². The van der Waals surface area contributed by atoms with Gasteiger partial charge in [0.25, 0.3) is 5.91 Å². The average molecular weight is 301 g/mol. The van der Waals surface area contributed by atoms with E-state index < -0.39 is 0 Å². The highest BCUT2D eigenvalue weighted by Crippen LogP contribution is 2.25. The van der Waals surface area contributed by atoms with Crippen LogP contribution in [0.2, 0.25) is 0 Å². The normalized spacial score (nSPS) is 13.5. The SMILES string of the molecule is COc1ccsc1C(=O)Nc1cccc(C2=NCCN2)c1. The second-order valence-corrected chi connectivity index (χ2v) is 5.43. The lowest BCUT2D eigenvalue weighted by Crippen LogP contribution is -2.19. The summed E-state index contributed by atoms with van der Waals surface area (Å²) in [6.07, 6.45) is 0. The molecule has 5 nitrogen and oxygen atoms in total. The zero-order chi connectivity index (χ0) is 14.7. The number of ether oxygens (including phenoxy) is 1. The standard InChI is InChI=1S/C15H15N3O2S/c1-20-12-5-8-21-13(12)15(19)18-11-4-2-3-10(9-11)14-16-6-7-17-14/h2-5,8-9H,6-7H2,1H3,(H,16,17)(H,18,19). The van der Waals surface area contributed by atoms with Gasteiger partial charge in [-0.2, -0.15) is 0 Å². The fourth-order valence-corrected chi connectivity index (χ4v) is 2.90. The highest BCUT2D eigenvalue weighted by molar-refractivity contribution is 7.12. The zero-order valence-corrected chi connectivity index (χ0v) is 12.4. The van der Waals surface area contributed by atoms with E-state index in [1.165, 1.54) is 11.3 Å². The number of hydrogen-bond donors (Lipinski definition) is 2. The summed E-state index contributed by atoms with van der Waals surface area (Å²) in [7, 11) is 1.56. The maximum Gasteiger partial charge on any atom is 0.269 e. The first kappa shape index (κ1) is 13.6. The summed E-state index contributed by atoms with van der Waals surface area (Å²) in [5, 5.41) is 7.94. The molecule has 21 heavy (non-hydrogen) atoms. The summed E-state index contributed by atoms with van der Waals surface area (Å²) >= 11 is 1.36. The van der Waals surface area contributed by atoms with E-state index in [4.69, 9.17) is 4.74 Å². The van der Waals surface area contributed by atoms with Crippen LogP contribution in [0.1, 0.15) is 15.2 Å². The van der Waals surface area contributed by atoms with Gasteiger partial charge in [0, 0.05) is 17.8 Å². The number of nitrogens with zero attached hydrogens (tertiary/aromatic N) is 1. The molecule has 108 valence electrons. The first-order valence-electron chi connectivity index (χ1n) is 6.59. The number of aliphatic imine (C=N–C) groups is 1. The Hall–Kier alpha value is -2.34. The van der Waals surface area contributed by atoms with Gasteiger partial charge in [-0.3, -0.25) is 9.79 Å². The zero-order valence-electron chi connectivity index (χ0n) is 11.6. The van der Waals surface area contributed by atoms with Crippen LogP contribution in [0.3, 0.4) is 0 Å². The molecular weight excluding hydrogens is 286 g/mol. The second-order valence-electron chi connectivity index (χ2n) is 4.51. The number of rotatable bonds is 4. The molecule has 1 aliphatic rings. The molecule has 0 saturated carbocycles. The number of nitrogens with one attached hydrogen (secondary N) is 2. The molecule has 2 heterocycles. The lowest BCUT2D eigenvalue weighted by molar-refractivity contribution is 0.102. The minimum Gasteiger partial charge on any atom is -0.495 e. The van der Waals surface area contributed by atoms with Gasteiger partial charge >= 0.3 is 0 Å². The van der Waals surface area contributed by atoms with Crippen molar-refractivity contribution in [2.75, 3.05) is 25.5 Å². The van der Waals surface area contributed by atoms with Crippen LogP contribution in [-0.2, 0) is 0 Å². The van der Waals surface area contributed by atoms with Gasteiger partial charge in [-0.25, -0.2) is 0 Å². The topological polar surface area (TPSA) is 62.7 Å². The molecule has 3 rings (SSSR count). The number of amidine groups is 1. The molecule has 0 bridgehead atoms. The molecule has 1 aromatic heterocycles. The molecule has 0 atom stereocenters. The summed E-state index contributed by atoms with van der Waals surface area (Å²) in [6.45, 7) is 1.65. The first-order chi connectivity index (χ1) is 10.3. The number of thiophene rings is 1. The third kappa shape index (κ3) is 2.90. The van der Waals surface area contributed by atoms with Crippen molar-refractivity contribution in [3.63, 3.8) is 0 Å². The van der Waals surface area contributed by atoms with Crippen LogP contribution < -0.4 is 15.4 Å². The third-order valence-corrected chi connectivity index (χ3v) is 4.02. The number of carbonyl (C=O) groups excluding carboxylic acids is 1. The molecular formula is C15H15N3O2S. The van der Waals surface area contributed by atoms with Crippen molar-refractivity contribution in [1.82, 2.24) is 5.32 Å². The minimum absolute atomic E-state index is 0.166. The highest BCUT2D eigenvalue weighted by Gasteiger charge is 2.15. The Kier molecular flexibility index (Phi) is 3.87. The van der Waals surface area contributed by atoms with Crippen molar-refractivity contribution in [1.29, 1.82) is 0 Å². The lowest BCUT2D eigenvalue weighted by Gasteiger charge is -2.08. The van der Waals surface area contributed by atoms with Crippen molar-refractivity contribution in [3.8, 4) is 5.75 Å². The summed E-state index contributed by atoms with van der Waals surface area (Å²) in [5.74, 6) is 1.30. The van der Waals surface area contributed by atoms with Gasteiger partial charge in [-0.1, -0.05) is 12.1 Å². The van der Waals surface area contributed by atoms with E-state index in [2.05, 4.69) is 15.6 Å². The molecule has 2 aromatic rings. The molecule has 0 saturated heterocycles. The summed E-state index contributed by atoms with van der Waals surface area (Å²) in [4.78, 5) is 17.2. The minimum atomic E-state index is -0.166. The maximum absolute atomic E-state index is 12.3. The fourth-order valence-electron chi connectivity index (χ4n) is 2.15. The van der Waals surface area contributed by atoms with Gasteiger partial charge in [-0.05, 0) is 23.6 Å². The van der Waals surface area contributed by atoms with Crippen molar-refractivity contribution >= 4 is 28.8 Å². The molecule has 0 radical (unpaired) electrons. The Bertz CT molecular complexity index is 694. The van der Waals surface area contributed by atoms with Crippen LogP contribution in [-0.4, -0.2) is 31.9 Å². The van der Waals surface area contributed by atoms with Gasteiger partial charge in [-0.15, -0.1) is 11.3 Å². The number of amides is 1. The molecule has 6 heteroatoms. The highest BCUT2D eigenvalue weighted by atomic mass is 32.1. The largest absolute Gasteiger partial charge is 0.495 e. The predicted octanol–water partition coefficient (Wildman–Crippen LogP) is 2.36. The van der Waals surface area contributed by atoms with Crippen LogP contribution >= 0.6 is 11.3 Å². The number of benzene rings is 1. The summed E-state index contributed by atoms with van der Waals surface area (Å²) in [6, 6.07) is 9.43. The van der Waals surface area contributed by atoms with Crippen LogP contribution in [0.5, 0.6) is 5.75 Å². The Morgan fingerprint density at radius 3 is 3.10 bits per heavy atom. The Balaban J connectivity index is 1.79. The number of anilines is 1. The quantitative estimate of drug-likeness (QED) is 0.911. The van der Waals surface area contributed by atoms with Gasteiger partial charge < -0.3 is 15.4 Å². The third-order valence-electron chi connectivity index (χ3n) is 3.12. The first-order valence-corrected chi connectivity index (χ1v) is 7.47. The number of methoxy groups -OCH3 is 1. The van der Waals surface area contributed by atoms with Crippen LogP contribution in [0.25, 0.3) is 0 Å². The van der Waals surface area contributed by atoms with Gasteiger partial charge in [0.05, 0.1) is 13.7 Å².